The molecule has 0 bridgehead atoms. The topological polar surface area (TPSA) is 0 Å². The SMILES string of the molecule is Br.[F][Zn]([F])([Cl])[CH2]c1ccccc1. The Morgan fingerprint density at radius 2 is 1.67 bits per heavy atom. The molecular weight excluding hydrogens is 303 g/mol. The van der Waals surface area contributed by atoms with Crippen molar-refractivity contribution in [2.75, 3.05) is 0 Å². The zero-order valence-corrected chi connectivity index (χ0v) is 11.8. The van der Waals surface area contributed by atoms with Crippen molar-refractivity contribution in [3.8, 4) is 0 Å². The predicted octanol–water partition coefficient (Wildman–Crippen LogP) is 3.84. The first-order valence-corrected chi connectivity index (χ1v) is 11.8. The molecule has 1 rings (SSSR count). The molecule has 0 aliphatic heterocycles. The minimum atomic E-state index is -5.17. The molecule has 0 unspecified atom stereocenters. The van der Waals surface area contributed by atoms with Gasteiger partial charge >= 0.3 is 72.0 Å². The van der Waals surface area contributed by atoms with Crippen molar-refractivity contribution in [3.05, 3.63) is 35.9 Å². The Bertz CT molecular complexity index is 225. The van der Waals surface area contributed by atoms with Crippen LogP contribution in [0.2, 0.25) is 0 Å². The van der Waals surface area contributed by atoms with E-state index in [4.69, 9.17) is 9.69 Å². The van der Waals surface area contributed by atoms with Gasteiger partial charge in [-0.25, -0.2) is 0 Å². The standard InChI is InChI=1S/C7H7.BrH.ClH.2FH.Zn/c1-7-5-3-2-4-6-7;;;;;/h2-6H,1H2;4*1H;/q;;;;;+3/p-3. The van der Waals surface area contributed by atoms with Crippen LogP contribution >= 0.6 is 26.7 Å². The van der Waals surface area contributed by atoms with E-state index in [2.05, 4.69) is 0 Å². The average Bonchev–Trinajstić information content (AvgIpc) is 1.85. The summed E-state index contributed by atoms with van der Waals surface area (Å²) in [6, 6.07) is 8.63. The van der Waals surface area contributed by atoms with Crippen molar-refractivity contribution in [1.29, 1.82) is 0 Å². The molecule has 0 saturated heterocycles. The Kier molecular flexibility index (Phi) is 5.46. The molecule has 1 aromatic carbocycles. The van der Waals surface area contributed by atoms with Crippen LogP contribution in [0.4, 0.5) is 6.63 Å². The number of halogens is 4. The summed E-state index contributed by atoms with van der Waals surface area (Å²) in [7, 11) is 4.95. The van der Waals surface area contributed by atoms with Crippen molar-refractivity contribution in [3.63, 3.8) is 0 Å². The zero-order valence-electron chi connectivity index (χ0n) is 6.34. The van der Waals surface area contributed by atoms with Gasteiger partial charge in [-0.2, -0.15) is 0 Å². The molecular formula is C7H8BrClF2Zn. The fourth-order valence-electron chi connectivity index (χ4n) is 0.972. The second-order valence-corrected chi connectivity index (χ2v) is 11.4. The van der Waals surface area contributed by atoms with Gasteiger partial charge in [0.2, 0.25) is 0 Å². The van der Waals surface area contributed by atoms with E-state index in [0.717, 1.165) is 0 Å². The zero-order chi connectivity index (χ0) is 8.32. The molecule has 0 amide bonds. The molecule has 0 aliphatic rings. The third kappa shape index (κ3) is 5.18. The average molecular weight is 311 g/mol. The van der Waals surface area contributed by atoms with Gasteiger partial charge in [-0.1, -0.05) is 0 Å². The second kappa shape index (κ2) is 5.26. The van der Waals surface area contributed by atoms with Gasteiger partial charge in [-0.3, -0.25) is 0 Å². The summed E-state index contributed by atoms with van der Waals surface area (Å²) in [4.78, 5) is 0. The Hall–Kier alpha value is 0.473. The van der Waals surface area contributed by atoms with Crippen LogP contribution in [0.3, 0.4) is 0 Å². The predicted molar refractivity (Wildman–Crippen MR) is 48.5 cm³/mol. The van der Waals surface area contributed by atoms with Crippen LogP contribution in [0.5, 0.6) is 0 Å². The Morgan fingerprint density at radius 1 is 1.17 bits per heavy atom. The van der Waals surface area contributed by atoms with E-state index in [1.807, 2.05) is 0 Å². The van der Waals surface area contributed by atoms with Gasteiger partial charge in [-0.05, 0) is 0 Å². The molecule has 0 aromatic heterocycles. The second-order valence-electron chi connectivity index (χ2n) is 2.61. The maximum absolute atomic E-state index is 12.4. The molecule has 0 N–H and O–H groups in total. The molecule has 1 aromatic rings. The Labute approximate surface area is 88.7 Å². The third-order valence-corrected chi connectivity index (χ3v) is 4.80. The monoisotopic (exact) mass is 308 g/mol. The molecule has 0 fully saturated rings. The van der Waals surface area contributed by atoms with Gasteiger partial charge in [-0.15, -0.1) is 17.0 Å². The quantitative estimate of drug-likeness (QED) is 0.728. The first-order chi connectivity index (χ1) is 5.08. The number of benzene rings is 1. The van der Waals surface area contributed by atoms with E-state index in [-0.39, 0.29) is 22.0 Å². The van der Waals surface area contributed by atoms with Crippen molar-refractivity contribution < 1.29 is 21.4 Å². The summed E-state index contributed by atoms with van der Waals surface area (Å²) < 4.78 is 24.8. The van der Waals surface area contributed by atoms with Gasteiger partial charge in [0, 0.05) is 0 Å². The van der Waals surface area contributed by atoms with Crippen molar-refractivity contribution in [2.45, 2.75) is 5.02 Å². The molecule has 0 aliphatic carbocycles. The summed E-state index contributed by atoms with van der Waals surface area (Å²) in [6.45, 7) is 0. The molecule has 0 atom stereocenters. The summed E-state index contributed by atoms with van der Waals surface area (Å²) in [6.07, 6.45) is 0. The molecule has 0 saturated carbocycles. The minimum absolute atomic E-state index is 0. The summed E-state index contributed by atoms with van der Waals surface area (Å²) >= 11 is -5.17. The van der Waals surface area contributed by atoms with E-state index >= 15 is 0 Å². The van der Waals surface area contributed by atoms with Gasteiger partial charge < -0.3 is 0 Å². The van der Waals surface area contributed by atoms with E-state index < -0.39 is 14.8 Å². The molecule has 12 heavy (non-hydrogen) atoms. The van der Waals surface area contributed by atoms with Crippen molar-refractivity contribution >= 4 is 26.7 Å². The molecule has 0 spiro atoms. The maximum atomic E-state index is 12.4. The number of rotatable bonds is 2. The van der Waals surface area contributed by atoms with Crippen molar-refractivity contribution in [2.24, 2.45) is 0 Å². The van der Waals surface area contributed by atoms with Gasteiger partial charge in [0.25, 0.3) is 0 Å². The molecule has 0 nitrogen and oxygen atoms in total. The van der Waals surface area contributed by atoms with Crippen LogP contribution in [0.1, 0.15) is 5.56 Å². The van der Waals surface area contributed by atoms with Crippen LogP contribution in [-0.4, -0.2) is 0 Å². The van der Waals surface area contributed by atoms with Crippen LogP contribution < -0.4 is 0 Å². The fourth-order valence-corrected chi connectivity index (χ4v) is 4.18. The van der Waals surface area contributed by atoms with Crippen LogP contribution in [0.25, 0.3) is 0 Å². The third-order valence-electron chi connectivity index (χ3n) is 1.41. The van der Waals surface area contributed by atoms with Gasteiger partial charge in [0.15, 0.2) is 0 Å². The van der Waals surface area contributed by atoms with Crippen molar-refractivity contribution in [1.82, 2.24) is 0 Å². The number of hydrogen-bond acceptors (Lipinski definition) is 0. The fraction of sp³-hybridized carbons (Fsp3) is 0.143. The first kappa shape index (κ1) is 12.5. The molecule has 0 heterocycles. The van der Waals surface area contributed by atoms with Crippen LogP contribution in [0, 0.1) is 0 Å². The van der Waals surface area contributed by atoms with E-state index in [9.17, 15) is 6.63 Å². The summed E-state index contributed by atoms with van der Waals surface area (Å²) in [5.74, 6) is 0. The Balaban J connectivity index is 0.00000121. The van der Waals surface area contributed by atoms with Crippen LogP contribution in [0.15, 0.2) is 30.3 Å². The van der Waals surface area contributed by atoms with Crippen LogP contribution in [-0.2, 0) is 19.8 Å². The Morgan fingerprint density at radius 3 is 2.08 bits per heavy atom. The normalized spacial score (nSPS) is 9.25. The number of hydrogen-bond donors (Lipinski definition) is 0. The van der Waals surface area contributed by atoms with E-state index in [1.54, 1.807) is 30.3 Å². The van der Waals surface area contributed by atoms with E-state index in [1.165, 1.54) is 0 Å². The molecule has 5 heteroatoms. The van der Waals surface area contributed by atoms with E-state index in [0.29, 0.717) is 5.56 Å². The molecule has 66 valence electrons. The van der Waals surface area contributed by atoms with Gasteiger partial charge in [0.1, 0.15) is 0 Å². The first-order valence-electron chi connectivity index (χ1n) is 3.57. The van der Waals surface area contributed by atoms with Gasteiger partial charge in [0.05, 0.1) is 0 Å². The summed E-state index contributed by atoms with van der Waals surface area (Å²) in [5, 5.41) is -0.189. The summed E-state index contributed by atoms with van der Waals surface area (Å²) in [5.41, 5.74) is 0.646. The molecule has 0 radical (unpaired) electrons.